The van der Waals surface area contributed by atoms with E-state index in [1.54, 1.807) is 11.3 Å². The van der Waals surface area contributed by atoms with Gasteiger partial charge in [-0.3, -0.25) is 4.40 Å². The highest BCUT2D eigenvalue weighted by atomic mass is 32.1. The molecule has 0 unspecified atom stereocenters. The first kappa shape index (κ1) is 13.9. The van der Waals surface area contributed by atoms with E-state index in [2.05, 4.69) is 47.1 Å². The molecule has 5 heteroatoms. The molecule has 0 radical (unpaired) electrons. The largest absolute Gasteiger partial charge is 0.358 e. The van der Waals surface area contributed by atoms with Crippen LogP contribution >= 0.6 is 11.3 Å². The van der Waals surface area contributed by atoms with E-state index >= 15 is 0 Å². The maximum atomic E-state index is 4.83. The van der Waals surface area contributed by atoms with Crippen LogP contribution in [-0.4, -0.2) is 29.0 Å². The van der Waals surface area contributed by atoms with Crippen molar-refractivity contribution in [2.75, 3.05) is 18.5 Å². The lowest BCUT2D eigenvalue weighted by atomic mass is 9.85. The Labute approximate surface area is 124 Å². The zero-order valence-electron chi connectivity index (χ0n) is 12.6. The molecule has 1 aliphatic rings. The van der Waals surface area contributed by atoms with Crippen molar-refractivity contribution in [2.45, 2.75) is 45.7 Å². The van der Waals surface area contributed by atoms with Crippen molar-refractivity contribution in [3.8, 4) is 0 Å². The fourth-order valence-corrected chi connectivity index (χ4v) is 3.47. The number of hydrogen-bond acceptors (Lipinski definition) is 4. The fourth-order valence-electron chi connectivity index (χ4n) is 2.74. The van der Waals surface area contributed by atoms with Gasteiger partial charge < -0.3 is 10.2 Å². The normalized spacial score (nSPS) is 16.0. The summed E-state index contributed by atoms with van der Waals surface area (Å²) in [7, 11) is 2.18. The number of fused-ring (bicyclic) bond motifs is 1. The molecule has 2 aromatic heterocycles. The third-order valence-corrected chi connectivity index (χ3v) is 4.89. The second kappa shape index (κ2) is 5.74. The molecular formula is C15H24N4S. The van der Waals surface area contributed by atoms with E-state index in [1.165, 1.54) is 25.0 Å². The zero-order chi connectivity index (χ0) is 14.1. The highest BCUT2D eigenvalue weighted by molar-refractivity contribution is 7.15. The van der Waals surface area contributed by atoms with Crippen molar-refractivity contribution < 1.29 is 0 Å². The Bertz CT molecular complexity index is 567. The predicted molar refractivity (Wildman–Crippen MR) is 85.7 cm³/mol. The lowest BCUT2D eigenvalue weighted by molar-refractivity contribution is 0.321. The summed E-state index contributed by atoms with van der Waals surface area (Å²) in [5.74, 6) is 2.02. The Hall–Kier alpha value is -1.07. The first-order chi connectivity index (χ1) is 9.65. The van der Waals surface area contributed by atoms with Crippen molar-refractivity contribution in [3.05, 3.63) is 17.3 Å². The summed E-state index contributed by atoms with van der Waals surface area (Å²) >= 11 is 1.71. The van der Waals surface area contributed by atoms with Gasteiger partial charge in [0.1, 0.15) is 0 Å². The van der Waals surface area contributed by atoms with Crippen LogP contribution in [0.1, 0.15) is 38.8 Å². The van der Waals surface area contributed by atoms with E-state index in [0.717, 1.165) is 29.8 Å². The number of hydrogen-bond donors (Lipinski definition) is 1. The van der Waals surface area contributed by atoms with E-state index in [9.17, 15) is 0 Å². The van der Waals surface area contributed by atoms with Gasteiger partial charge in [-0.2, -0.15) is 0 Å². The highest BCUT2D eigenvalue weighted by Crippen LogP contribution is 2.30. The molecule has 2 aromatic rings. The number of nitrogens with zero attached hydrogens (tertiary/aromatic N) is 3. The predicted octanol–water partition coefficient (Wildman–Crippen LogP) is 3.13. The third kappa shape index (κ3) is 2.69. The van der Waals surface area contributed by atoms with Crippen LogP contribution < -0.4 is 10.2 Å². The molecule has 1 saturated carbocycles. The SMILES string of the molecule is CC(C)NCc1c(N(C)CC2CCC2)nc2sccn12. The van der Waals surface area contributed by atoms with E-state index < -0.39 is 0 Å². The van der Waals surface area contributed by atoms with Gasteiger partial charge in [0, 0.05) is 37.8 Å². The van der Waals surface area contributed by atoms with Crippen LogP contribution in [0.5, 0.6) is 0 Å². The molecule has 4 nitrogen and oxygen atoms in total. The monoisotopic (exact) mass is 292 g/mol. The minimum absolute atomic E-state index is 0.490. The minimum Gasteiger partial charge on any atom is -0.358 e. The highest BCUT2D eigenvalue weighted by Gasteiger charge is 2.23. The van der Waals surface area contributed by atoms with Gasteiger partial charge >= 0.3 is 0 Å². The van der Waals surface area contributed by atoms with Crippen molar-refractivity contribution in [3.63, 3.8) is 0 Å². The summed E-state index contributed by atoms with van der Waals surface area (Å²) < 4.78 is 2.23. The average Bonchev–Trinajstić information content (AvgIpc) is 2.91. The van der Waals surface area contributed by atoms with Crippen molar-refractivity contribution in [1.82, 2.24) is 14.7 Å². The van der Waals surface area contributed by atoms with Crippen LogP contribution in [0.2, 0.25) is 0 Å². The van der Waals surface area contributed by atoms with Gasteiger partial charge in [0.2, 0.25) is 0 Å². The molecule has 2 heterocycles. The van der Waals surface area contributed by atoms with E-state index in [0.29, 0.717) is 6.04 Å². The van der Waals surface area contributed by atoms with E-state index in [1.807, 2.05) is 0 Å². The Morgan fingerprint density at radius 1 is 1.50 bits per heavy atom. The molecule has 0 atom stereocenters. The lowest BCUT2D eigenvalue weighted by Crippen LogP contribution is -2.31. The second-order valence-corrected chi connectivity index (χ2v) is 7.02. The summed E-state index contributed by atoms with van der Waals surface area (Å²) in [6.45, 7) is 6.38. The first-order valence-electron chi connectivity index (χ1n) is 7.54. The third-order valence-electron chi connectivity index (χ3n) is 4.14. The molecular weight excluding hydrogens is 268 g/mol. The van der Waals surface area contributed by atoms with Gasteiger partial charge in [0.15, 0.2) is 10.8 Å². The number of anilines is 1. The molecule has 3 rings (SSSR count). The Morgan fingerprint density at radius 3 is 2.95 bits per heavy atom. The summed E-state index contributed by atoms with van der Waals surface area (Å²) in [5.41, 5.74) is 1.29. The van der Waals surface area contributed by atoms with Crippen LogP contribution in [-0.2, 0) is 6.54 Å². The molecule has 0 amide bonds. The number of nitrogens with one attached hydrogen (secondary N) is 1. The van der Waals surface area contributed by atoms with Crippen LogP contribution in [0.3, 0.4) is 0 Å². The van der Waals surface area contributed by atoms with Crippen LogP contribution in [0.25, 0.3) is 4.96 Å². The summed E-state index contributed by atoms with van der Waals surface area (Å²) in [6, 6.07) is 0.490. The molecule has 0 aromatic carbocycles. The van der Waals surface area contributed by atoms with E-state index in [4.69, 9.17) is 4.98 Å². The van der Waals surface area contributed by atoms with Crippen molar-refractivity contribution in [1.29, 1.82) is 0 Å². The molecule has 110 valence electrons. The Balaban J connectivity index is 1.83. The number of rotatable bonds is 6. The number of aromatic nitrogens is 2. The quantitative estimate of drug-likeness (QED) is 0.888. The Morgan fingerprint density at radius 2 is 2.30 bits per heavy atom. The maximum Gasteiger partial charge on any atom is 0.195 e. The summed E-state index contributed by atoms with van der Waals surface area (Å²) in [6.07, 6.45) is 6.29. The maximum absolute atomic E-state index is 4.83. The van der Waals surface area contributed by atoms with Gasteiger partial charge in [-0.1, -0.05) is 20.3 Å². The zero-order valence-corrected chi connectivity index (χ0v) is 13.4. The van der Waals surface area contributed by atoms with Crippen LogP contribution in [0, 0.1) is 5.92 Å². The molecule has 1 fully saturated rings. The van der Waals surface area contributed by atoms with E-state index in [-0.39, 0.29) is 0 Å². The van der Waals surface area contributed by atoms with Gasteiger partial charge in [0.05, 0.1) is 5.69 Å². The topological polar surface area (TPSA) is 32.6 Å². The van der Waals surface area contributed by atoms with Crippen molar-refractivity contribution in [2.24, 2.45) is 5.92 Å². The molecule has 20 heavy (non-hydrogen) atoms. The smallest absolute Gasteiger partial charge is 0.195 e. The number of thiazole rings is 1. The summed E-state index contributed by atoms with van der Waals surface area (Å²) in [5, 5.41) is 5.63. The minimum atomic E-state index is 0.490. The average molecular weight is 292 g/mol. The second-order valence-electron chi connectivity index (χ2n) is 6.15. The van der Waals surface area contributed by atoms with Crippen molar-refractivity contribution >= 4 is 22.1 Å². The summed E-state index contributed by atoms with van der Waals surface area (Å²) in [4.78, 5) is 8.28. The van der Waals surface area contributed by atoms with Gasteiger partial charge in [0.25, 0.3) is 0 Å². The van der Waals surface area contributed by atoms with Gasteiger partial charge in [-0.15, -0.1) is 11.3 Å². The molecule has 1 aliphatic carbocycles. The molecule has 0 saturated heterocycles. The first-order valence-corrected chi connectivity index (χ1v) is 8.42. The van der Waals surface area contributed by atoms with Crippen LogP contribution in [0.4, 0.5) is 5.82 Å². The van der Waals surface area contributed by atoms with Gasteiger partial charge in [-0.05, 0) is 18.8 Å². The fraction of sp³-hybridized carbons (Fsp3) is 0.667. The number of imidazole rings is 1. The van der Waals surface area contributed by atoms with Gasteiger partial charge in [-0.25, -0.2) is 4.98 Å². The molecule has 0 aliphatic heterocycles. The molecule has 0 spiro atoms. The molecule has 0 bridgehead atoms. The standard InChI is InChI=1S/C15H24N4S/c1-11(2)16-9-13-14(17-15-19(13)7-8-20-15)18(3)10-12-5-4-6-12/h7-8,11-12,16H,4-6,9-10H2,1-3H3. The lowest BCUT2D eigenvalue weighted by Gasteiger charge is -2.30. The Kier molecular flexibility index (Phi) is 3.98. The van der Waals surface area contributed by atoms with Crippen LogP contribution in [0.15, 0.2) is 11.6 Å². The molecule has 1 N–H and O–H groups in total.